The van der Waals surface area contributed by atoms with Gasteiger partial charge >= 0.3 is 0 Å². The number of phenols is 1. The number of nitrogens with zero attached hydrogens (tertiary/aromatic N) is 1. The number of amides is 1. The lowest BCUT2D eigenvalue weighted by atomic mass is 9.91. The summed E-state index contributed by atoms with van der Waals surface area (Å²) in [5, 5.41) is 12.9. The topological polar surface area (TPSA) is 69.6 Å². The molecule has 20 heavy (non-hydrogen) atoms. The molecule has 2 atom stereocenters. The van der Waals surface area contributed by atoms with Crippen LogP contribution < -0.4 is 10.2 Å². The number of aromatic hydroxyl groups is 1. The van der Waals surface area contributed by atoms with Gasteiger partial charge in [-0.3, -0.25) is 9.59 Å². The summed E-state index contributed by atoms with van der Waals surface area (Å²) in [6.45, 7) is 2.96. The highest BCUT2D eigenvalue weighted by atomic mass is 16.3. The highest BCUT2D eigenvalue weighted by molar-refractivity contribution is 5.97. The van der Waals surface area contributed by atoms with Gasteiger partial charge in [0.05, 0.1) is 17.5 Å². The second-order valence-electron chi connectivity index (χ2n) is 5.51. The van der Waals surface area contributed by atoms with Crippen LogP contribution in [0.2, 0.25) is 0 Å². The summed E-state index contributed by atoms with van der Waals surface area (Å²) in [4.78, 5) is 25.3. The molecule has 2 N–H and O–H groups in total. The summed E-state index contributed by atoms with van der Waals surface area (Å²) < 4.78 is 0. The maximum Gasteiger partial charge on any atom is 0.225 e. The highest BCUT2D eigenvalue weighted by Gasteiger charge is 2.40. The highest BCUT2D eigenvalue weighted by Crippen LogP contribution is 2.33. The summed E-state index contributed by atoms with van der Waals surface area (Å²) in [5.74, 6) is 0.0281. The molecule has 0 bridgehead atoms. The fraction of sp³-hybridized carbons (Fsp3) is 0.467. The van der Waals surface area contributed by atoms with Crippen LogP contribution in [0.1, 0.15) is 30.1 Å². The molecular weight excluding hydrogens is 256 g/mol. The van der Waals surface area contributed by atoms with Crippen LogP contribution in [0.15, 0.2) is 18.2 Å². The van der Waals surface area contributed by atoms with Crippen molar-refractivity contribution in [3.8, 4) is 5.75 Å². The Morgan fingerprint density at radius 3 is 2.95 bits per heavy atom. The number of carbonyl (C=O) groups is 2. The number of fused-ring (bicyclic) bond motifs is 1. The average molecular weight is 274 g/mol. The Morgan fingerprint density at radius 1 is 1.45 bits per heavy atom. The number of piperidine rings is 1. The number of anilines is 1. The first-order valence-corrected chi connectivity index (χ1v) is 6.96. The molecule has 2 aliphatic rings. The van der Waals surface area contributed by atoms with Crippen LogP contribution in [0.5, 0.6) is 5.75 Å². The minimum Gasteiger partial charge on any atom is -0.507 e. The van der Waals surface area contributed by atoms with Gasteiger partial charge < -0.3 is 15.3 Å². The Balaban J connectivity index is 1.90. The van der Waals surface area contributed by atoms with E-state index >= 15 is 0 Å². The second-order valence-corrected chi connectivity index (χ2v) is 5.51. The number of hydrogen-bond acceptors (Lipinski definition) is 4. The summed E-state index contributed by atoms with van der Waals surface area (Å²) in [5.41, 5.74) is 1.21. The zero-order valence-corrected chi connectivity index (χ0v) is 11.4. The molecule has 2 saturated heterocycles. The van der Waals surface area contributed by atoms with Crippen molar-refractivity contribution in [2.24, 2.45) is 5.92 Å². The SMILES string of the molecule is CC(=O)c1ccc(N2CCCC3C(=O)NCC32)cc1O. The van der Waals surface area contributed by atoms with Crippen LogP contribution in [0.4, 0.5) is 5.69 Å². The fourth-order valence-corrected chi connectivity index (χ4v) is 3.27. The molecular formula is C15H18N2O3. The van der Waals surface area contributed by atoms with E-state index in [1.165, 1.54) is 6.92 Å². The molecule has 1 amide bonds. The van der Waals surface area contributed by atoms with Gasteiger partial charge in [-0.25, -0.2) is 0 Å². The Bertz CT molecular complexity index is 570. The van der Waals surface area contributed by atoms with Gasteiger partial charge in [-0.2, -0.15) is 0 Å². The van der Waals surface area contributed by atoms with E-state index in [0.717, 1.165) is 25.1 Å². The molecule has 2 unspecified atom stereocenters. The maximum absolute atomic E-state index is 11.8. The molecule has 0 saturated carbocycles. The maximum atomic E-state index is 11.8. The minimum atomic E-state index is -0.150. The van der Waals surface area contributed by atoms with Gasteiger partial charge in [0.1, 0.15) is 5.75 Å². The zero-order valence-electron chi connectivity index (χ0n) is 11.4. The van der Waals surface area contributed by atoms with Crippen LogP contribution in [-0.2, 0) is 4.79 Å². The number of benzene rings is 1. The van der Waals surface area contributed by atoms with Gasteiger partial charge in [0.15, 0.2) is 5.78 Å². The lowest BCUT2D eigenvalue weighted by Crippen LogP contribution is -2.45. The Kier molecular flexibility index (Phi) is 3.12. The van der Waals surface area contributed by atoms with Crippen molar-refractivity contribution < 1.29 is 14.7 Å². The van der Waals surface area contributed by atoms with Crippen molar-refractivity contribution in [2.45, 2.75) is 25.8 Å². The molecule has 106 valence electrons. The molecule has 5 nitrogen and oxygen atoms in total. The Hall–Kier alpha value is -2.04. The fourth-order valence-electron chi connectivity index (χ4n) is 3.27. The van der Waals surface area contributed by atoms with Crippen LogP contribution in [0, 0.1) is 5.92 Å². The number of carbonyl (C=O) groups excluding carboxylic acids is 2. The summed E-state index contributed by atoms with van der Waals surface area (Å²) in [7, 11) is 0. The van der Waals surface area contributed by atoms with E-state index in [9.17, 15) is 14.7 Å². The van der Waals surface area contributed by atoms with Gasteiger partial charge in [0.2, 0.25) is 5.91 Å². The largest absolute Gasteiger partial charge is 0.507 e. The van der Waals surface area contributed by atoms with Gasteiger partial charge in [-0.15, -0.1) is 0 Å². The lowest BCUT2D eigenvalue weighted by molar-refractivity contribution is -0.122. The van der Waals surface area contributed by atoms with Crippen molar-refractivity contribution in [3.05, 3.63) is 23.8 Å². The average Bonchev–Trinajstić information content (AvgIpc) is 2.80. The lowest BCUT2D eigenvalue weighted by Gasteiger charge is -2.37. The van der Waals surface area contributed by atoms with E-state index in [4.69, 9.17) is 0 Å². The number of rotatable bonds is 2. The predicted molar refractivity (Wildman–Crippen MR) is 75.0 cm³/mol. The molecule has 2 fully saturated rings. The minimum absolute atomic E-state index is 0.00871. The molecule has 0 aliphatic carbocycles. The standard InChI is InChI=1S/C15H18N2O3/c1-9(18)11-5-4-10(7-14(11)19)17-6-2-3-12-13(17)8-16-15(12)20/h4-5,7,12-13,19H,2-3,6,8H2,1H3,(H,16,20). The quantitative estimate of drug-likeness (QED) is 0.798. The number of nitrogens with one attached hydrogen (secondary N) is 1. The molecule has 0 spiro atoms. The molecule has 2 aliphatic heterocycles. The van der Waals surface area contributed by atoms with Gasteiger partial charge in [-0.1, -0.05) is 0 Å². The normalized spacial score (nSPS) is 25.2. The van der Waals surface area contributed by atoms with E-state index < -0.39 is 0 Å². The number of hydrogen-bond donors (Lipinski definition) is 2. The molecule has 1 aromatic carbocycles. The van der Waals surface area contributed by atoms with E-state index in [2.05, 4.69) is 10.2 Å². The number of Topliss-reactive ketones (excluding diaryl/α,β-unsaturated/α-hetero) is 1. The molecule has 3 rings (SSSR count). The Labute approximate surface area is 117 Å². The first kappa shape index (κ1) is 13.0. The van der Waals surface area contributed by atoms with Crippen molar-refractivity contribution in [3.63, 3.8) is 0 Å². The molecule has 0 aromatic heterocycles. The van der Waals surface area contributed by atoms with Gasteiger partial charge in [-0.05, 0) is 31.9 Å². The van der Waals surface area contributed by atoms with E-state index in [1.54, 1.807) is 12.1 Å². The predicted octanol–water partition coefficient (Wildman–Crippen LogP) is 1.31. The molecule has 1 aromatic rings. The van der Waals surface area contributed by atoms with Crippen LogP contribution in [-0.4, -0.2) is 35.9 Å². The third-order valence-electron chi connectivity index (χ3n) is 4.29. The molecule has 0 radical (unpaired) electrons. The Morgan fingerprint density at radius 2 is 2.25 bits per heavy atom. The van der Waals surface area contributed by atoms with Crippen LogP contribution in [0.25, 0.3) is 0 Å². The van der Waals surface area contributed by atoms with Crippen molar-refractivity contribution in [1.29, 1.82) is 0 Å². The van der Waals surface area contributed by atoms with Crippen LogP contribution in [0.3, 0.4) is 0 Å². The molecule has 2 heterocycles. The van der Waals surface area contributed by atoms with Gasteiger partial charge in [0, 0.05) is 24.8 Å². The smallest absolute Gasteiger partial charge is 0.225 e. The monoisotopic (exact) mass is 274 g/mol. The third-order valence-corrected chi connectivity index (χ3v) is 4.29. The number of phenolic OH excluding ortho intramolecular Hbond substituents is 1. The van der Waals surface area contributed by atoms with Crippen molar-refractivity contribution in [1.82, 2.24) is 5.32 Å². The third kappa shape index (κ3) is 2.03. The zero-order chi connectivity index (χ0) is 14.3. The van der Waals surface area contributed by atoms with E-state index in [-0.39, 0.29) is 29.4 Å². The second kappa shape index (κ2) is 4.81. The number of ketones is 1. The summed E-state index contributed by atoms with van der Waals surface area (Å²) >= 11 is 0. The van der Waals surface area contributed by atoms with Crippen molar-refractivity contribution in [2.75, 3.05) is 18.0 Å². The first-order chi connectivity index (χ1) is 9.58. The first-order valence-electron chi connectivity index (χ1n) is 6.96. The summed E-state index contributed by atoms with van der Waals surface area (Å²) in [6.07, 6.45) is 1.88. The van der Waals surface area contributed by atoms with E-state index in [1.807, 2.05) is 6.07 Å². The van der Waals surface area contributed by atoms with Crippen molar-refractivity contribution >= 4 is 17.4 Å². The van der Waals surface area contributed by atoms with E-state index in [0.29, 0.717) is 12.1 Å². The molecule has 5 heteroatoms. The summed E-state index contributed by atoms with van der Waals surface area (Å²) in [6, 6.07) is 5.28. The van der Waals surface area contributed by atoms with Crippen LogP contribution >= 0.6 is 0 Å². The van der Waals surface area contributed by atoms with Gasteiger partial charge in [0.25, 0.3) is 0 Å².